The van der Waals surface area contributed by atoms with Crippen molar-refractivity contribution in [2.24, 2.45) is 0 Å². The van der Waals surface area contributed by atoms with Gasteiger partial charge >= 0.3 is 0 Å². The lowest BCUT2D eigenvalue weighted by molar-refractivity contribution is 0.905. The zero-order chi connectivity index (χ0) is 20.1. The lowest BCUT2D eigenvalue weighted by Crippen LogP contribution is -2.20. The normalized spacial score (nSPS) is 11.4. The van der Waals surface area contributed by atoms with Crippen LogP contribution in [0.5, 0.6) is 0 Å². The topological polar surface area (TPSA) is 65.1 Å². The molecule has 0 N–H and O–H groups in total. The first kappa shape index (κ1) is 18.0. The van der Waals surface area contributed by atoms with Crippen LogP contribution in [-0.2, 0) is 0 Å². The fraction of sp³-hybridized carbons (Fsp3) is 0.0476. The third kappa shape index (κ3) is 2.94. The Morgan fingerprint density at radius 2 is 1.83 bits per heavy atom. The van der Waals surface area contributed by atoms with E-state index in [9.17, 15) is 4.79 Å². The minimum absolute atomic E-state index is 0.241. The monoisotopic (exact) mass is 465 g/mol. The van der Waals surface area contributed by atoms with Gasteiger partial charge in [0.05, 0.1) is 16.9 Å². The van der Waals surface area contributed by atoms with Crippen molar-refractivity contribution in [1.29, 1.82) is 0 Å². The Labute approximate surface area is 178 Å². The molecule has 0 radical (unpaired) electrons. The van der Waals surface area contributed by atoms with Crippen LogP contribution in [0.4, 0.5) is 0 Å². The largest absolute Gasteiger partial charge is 0.285 e. The third-order valence-corrected chi connectivity index (χ3v) is 5.54. The average Bonchev–Trinajstić information content (AvgIpc) is 3.05. The highest BCUT2D eigenvalue weighted by Gasteiger charge is 2.17. The second-order valence-corrected chi connectivity index (χ2v) is 7.96. The van der Waals surface area contributed by atoms with Crippen LogP contribution in [0.3, 0.4) is 0 Å². The molecule has 0 unspecified atom stereocenters. The first-order valence-corrected chi connectivity index (χ1v) is 9.99. The number of pyridine rings is 1. The Bertz CT molecular complexity index is 1460. The molecule has 5 aromatic rings. The van der Waals surface area contributed by atoms with E-state index in [2.05, 4.69) is 31.2 Å². The Morgan fingerprint density at radius 1 is 1.03 bits per heavy atom. The molecule has 0 atom stereocenters. The van der Waals surface area contributed by atoms with Crippen molar-refractivity contribution in [2.75, 3.05) is 0 Å². The highest BCUT2D eigenvalue weighted by Crippen LogP contribution is 2.29. The Morgan fingerprint density at radius 3 is 2.59 bits per heavy atom. The molecule has 0 bridgehead atoms. The second-order valence-electron chi connectivity index (χ2n) is 6.61. The van der Waals surface area contributed by atoms with Crippen LogP contribution in [0.2, 0.25) is 5.02 Å². The molecule has 0 aliphatic heterocycles. The maximum atomic E-state index is 13.1. The summed E-state index contributed by atoms with van der Waals surface area (Å²) in [5.41, 5.74) is 4.53. The number of nitrogens with zero attached hydrogens (tertiary/aromatic N) is 5. The van der Waals surface area contributed by atoms with Gasteiger partial charge in [0.15, 0.2) is 11.2 Å². The van der Waals surface area contributed by atoms with Crippen LogP contribution in [0.15, 0.2) is 70.1 Å². The van der Waals surface area contributed by atoms with Crippen LogP contribution in [0.1, 0.15) is 5.69 Å². The van der Waals surface area contributed by atoms with Gasteiger partial charge in [0, 0.05) is 15.7 Å². The van der Waals surface area contributed by atoms with Crippen molar-refractivity contribution >= 4 is 44.2 Å². The Balaban J connectivity index is 1.76. The van der Waals surface area contributed by atoms with Crippen molar-refractivity contribution in [2.45, 2.75) is 6.92 Å². The van der Waals surface area contributed by atoms with E-state index >= 15 is 0 Å². The predicted molar refractivity (Wildman–Crippen MR) is 117 cm³/mol. The number of aryl methyl sites for hydroxylation is 1. The number of rotatable bonds is 2. The summed E-state index contributed by atoms with van der Waals surface area (Å²) in [5.74, 6) is 0. The van der Waals surface area contributed by atoms with E-state index in [0.717, 1.165) is 21.3 Å². The van der Waals surface area contributed by atoms with Crippen molar-refractivity contribution in [3.05, 3.63) is 86.3 Å². The van der Waals surface area contributed by atoms with Gasteiger partial charge in [-0.1, -0.05) is 45.7 Å². The SMILES string of the molecule is Cc1nn2c(nnc3c(=O)n(-c4cccc(Cl)c4)ccc32)c1-c1ccc(Br)cc1. The van der Waals surface area contributed by atoms with Gasteiger partial charge in [-0.3, -0.25) is 9.36 Å². The highest BCUT2D eigenvalue weighted by molar-refractivity contribution is 9.10. The van der Waals surface area contributed by atoms with E-state index in [1.165, 1.54) is 4.57 Å². The van der Waals surface area contributed by atoms with Gasteiger partial charge in [0.2, 0.25) is 0 Å². The molecule has 142 valence electrons. The molecule has 3 heterocycles. The van der Waals surface area contributed by atoms with Crippen LogP contribution in [0.25, 0.3) is 33.5 Å². The van der Waals surface area contributed by atoms with Crippen molar-refractivity contribution in [1.82, 2.24) is 24.4 Å². The maximum absolute atomic E-state index is 13.1. The molecule has 2 aromatic carbocycles. The van der Waals surface area contributed by atoms with Gasteiger partial charge in [-0.2, -0.15) is 5.10 Å². The zero-order valence-corrected chi connectivity index (χ0v) is 17.5. The van der Waals surface area contributed by atoms with E-state index < -0.39 is 0 Å². The number of hydrogen-bond acceptors (Lipinski definition) is 4. The van der Waals surface area contributed by atoms with Crippen molar-refractivity contribution < 1.29 is 0 Å². The predicted octanol–water partition coefficient (Wildman–Crippen LogP) is 4.82. The number of benzene rings is 2. The molecule has 0 spiro atoms. The van der Waals surface area contributed by atoms with Crippen LogP contribution >= 0.6 is 27.5 Å². The third-order valence-electron chi connectivity index (χ3n) is 4.77. The summed E-state index contributed by atoms with van der Waals surface area (Å²) in [7, 11) is 0. The number of aromatic nitrogens is 5. The molecule has 8 heteroatoms. The summed E-state index contributed by atoms with van der Waals surface area (Å²) in [6.07, 6.45) is 1.70. The molecule has 0 saturated carbocycles. The smallest absolute Gasteiger partial charge is 0.282 e. The molecule has 29 heavy (non-hydrogen) atoms. The molecule has 3 aromatic heterocycles. The number of hydrogen-bond donors (Lipinski definition) is 0. The van der Waals surface area contributed by atoms with Crippen molar-refractivity contribution in [3.8, 4) is 16.8 Å². The van der Waals surface area contributed by atoms with Gasteiger partial charge in [-0.15, -0.1) is 10.2 Å². The Kier molecular flexibility index (Phi) is 4.22. The first-order valence-electron chi connectivity index (χ1n) is 8.82. The molecule has 0 aliphatic rings. The zero-order valence-electron chi connectivity index (χ0n) is 15.2. The molecule has 0 fully saturated rings. The van der Waals surface area contributed by atoms with Gasteiger partial charge in [-0.05, 0) is 48.9 Å². The van der Waals surface area contributed by atoms with Gasteiger partial charge in [0.1, 0.15) is 5.52 Å². The summed E-state index contributed by atoms with van der Waals surface area (Å²) in [6, 6.07) is 16.8. The number of fused-ring (bicyclic) bond motifs is 3. The number of halogens is 2. The maximum Gasteiger partial charge on any atom is 0.285 e. The molecule has 0 aliphatic carbocycles. The highest BCUT2D eigenvalue weighted by atomic mass is 79.9. The van der Waals surface area contributed by atoms with Gasteiger partial charge in [-0.25, -0.2) is 4.52 Å². The molecule has 0 amide bonds. The van der Waals surface area contributed by atoms with Gasteiger partial charge in [0.25, 0.3) is 5.56 Å². The lowest BCUT2D eigenvalue weighted by Gasteiger charge is -2.08. The van der Waals surface area contributed by atoms with Crippen molar-refractivity contribution in [3.63, 3.8) is 0 Å². The van der Waals surface area contributed by atoms with Crippen LogP contribution in [0, 0.1) is 6.92 Å². The summed E-state index contributed by atoms with van der Waals surface area (Å²) >= 11 is 9.52. The molecule has 5 rings (SSSR count). The lowest BCUT2D eigenvalue weighted by atomic mass is 10.1. The van der Waals surface area contributed by atoms with E-state index in [-0.39, 0.29) is 11.1 Å². The molecule has 0 saturated heterocycles. The minimum Gasteiger partial charge on any atom is -0.282 e. The van der Waals surface area contributed by atoms with Gasteiger partial charge < -0.3 is 0 Å². The van der Waals surface area contributed by atoms with E-state index in [1.54, 1.807) is 28.9 Å². The standard InChI is InChI=1S/C21H13BrClN5O/c1-12-18(13-5-7-14(22)8-6-13)20-25-24-19-17(28(20)26-12)9-10-27(21(19)29)16-4-2-3-15(23)11-16/h2-11H,1H3. The summed E-state index contributed by atoms with van der Waals surface area (Å²) in [4.78, 5) is 13.1. The average molecular weight is 467 g/mol. The van der Waals surface area contributed by atoms with E-state index in [1.807, 2.05) is 43.3 Å². The second kappa shape index (κ2) is 6.79. The van der Waals surface area contributed by atoms with Crippen LogP contribution in [-0.4, -0.2) is 24.4 Å². The minimum atomic E-state index is -0.280. The van der Waals surface area contributed by atoms with E-state index in [0.29, 0.717) is 21.9 Å². The van der Waals surface area contributed by atoms with Crippen LogP contribution < -0.4 is 5.56 Å². The fourth-order valence-corrected chi connectivity index (χ4v) is 3.89. The summed E-state index contributed by atoms with van der Waals surface area (Å²) in [5, 5.41) is 13.8. The quantitative estimate of drug-likeness (QED) is 0.374. The molecular weight excluding hydrogens is 454 g/mol. The molecular formula is C21H13BrClN5O. The fourth-order valence-electron chi connectivity index (χ4n) is 3.44. The summed E-state index contributed by atoms with van der Waals surface area (Å²) in [6.45, 7) is 1.92. The van der Waals surface area contributed by atoms with E-state index in [4.69, 9.17) is 11.6 Å². The summed E-state index contributed by atoms with van der Waals surface area (Å²) < 4.78 is 4.17. The molecule has 6 nitrogen and oxygen atoms in total. The first-order chi connectivity index (χ1) is 14.0. The Hall–Kier alpha value is -3.03.